The summed E-state index contributed by atoms with van der Waals surface area (Å²) in [5.74, 6) is 0.232. The molecule has 1 fully saturated rings. The van der Waals surface area contributed by atoms with Crippen LogP contribution in [0.2, 0.25) is 0 Å². The molecule has 1 amide bonds. The summed E-state index contributed by atoms with van der Waals surface area (Å²) in [5, 5.41) is 5.38. The summed E-state index contributed by atoms with van der Waals surface area (Å²) in [6.07, 6.45) is 3.51. The van der Waals surface area contributed by atoms with Crippen molar-refractivity contribution in [3.63, 3.8) is 0 Å². The molecule has 1 aromatic heterocycles. The van der Waals surface area contributed by atoms with E-state index in [2.05, 4.69) is 35.8 Å². The van der Waals surface area contributed by atoms with Crippen molar-refractivity contribution in [2.24, 2.45) is 11.7 Å². The molecule has 1 aliphatic rings. The van der Waals surface area contributed by atoms with Crippen LogP contribution in [-0.2, 0) is 11.2 Å². The minimum absolute atomic E-state index is 0. The quantitative estimate of drug-likeness (QED) is 0.842. The maximum atomic E-state index is 12.6. The van der Waals surface area contributed by atoms with E-state index in [0.29, 0.717) is 0 Å². The van der Waals surface area contributed by atoms with E-state index < -0.39 is 0 Å². The Kier molecular flexibility index (Phi) is 6.84. The van der Waals surface area contributed by atoms with E-state index in [4.69, 9.17) is 5.73 Å². The molecular weight excluding hydrogens is 340 g/mol. The number of hydrogen-bond donors (Lipinski definition) is 2. The normalized spacial score (nSPS) is 21.1. The van der Waals surface area contributed by atoms with Crippen LogP contribution in [0.1, 0.15) is 41.3 Å². The summed E-state index contributed by atoms with van der Waals surface area (Å²) in [6.45, 7) is 2.11. The average Bonchev–Trinajstić information content (AvgIpc) is 3.16. The Bertz CT molecular complexity index is 658. The van der Waals surface area contributed by atoms with Crippen molar-refractivity contribution in [2.75, 3.05) is 0 Å². The van der Waals surface area contributed by atoms with E-state index in [9.17, 15) is 4.79 Å². The van der Waals surface area contributed by atoms with Crippen molar-refractivity contribution < 1.29 is 4.79 Å². The predicted octanol–water partition coefficient (Wildman–Crippen LogP) is 4.01. The van der Waals surface area contributed by atoms with Gasteiger partial charge in [-0.25, -0.2) is 0 Å². The van der Waals surface area contributed by atoms with Gasteiger partial charge >= 0.3 is 0 Å². The standard InChI is InChI=1S/C19H24N2OS.ClH/c1-13-9-10-23-18(13)17(11-14-5-3-2-4-6-14)21-19(22)15-7-8-16(20)12-15;/h2-6,9-10,15-17H,7-8,11-12,20H2,1H3,(H,21,22);1H. The average molecular weight is 365 g/mol. The van der Waals surface area contributed by atoms with E-state index >= 15 is 0 Å². The molecule has 3 unspecified atom stereocenters. The highest BCUT2D eigenvalue weighted by Gasteiger charge is 2.29. The first-order valence-corrected chi connectivity index (χ1v) is 9.15. The van der Waals surface area contributed by atoms with Gasteiger partial charge in [0.2, 0.25) is 5.91 Å². The molecule has 2 aromatic rings. The monoisotopic (exact) mass is 364 g/mol. The van der Waals surface area contributed by atoms with E-state index in [0.717, 1.165) is 25.7 Å². The maximum Gasteiger partial charge on any atom is 0.223 e. The second kappa shape index (κ2) is 8.65. The van der Waals surface area contributed by atoms with Crippen molar-refractivity contribution in [3.8, 4) is 0 Å². The number of nitrogens with two attached hydrogens (primary N) is 1. The number of benzene rings is 1. The second-order valence-corrected chi connectivity index (χ2v) is 7.44. The van der Waals surface area contributed by atoms with E-state index in [-0.39, 0.29) is 36.3 Å². The van der Waals surface area contributed by atoms with Gasteiger partial charge in [0.1, 0.15) is 0 Å². The Morgan fingerprint density at radius 2 is 2.04 bits per heavy atom. The highest BCUT2D eigenvalue weighted by atomic mass is 35.5. The molecule has 1 aliphatic carbocycles. The zero-order valence-corrected chi connectivity index (χ0v) is 15.5. The Hall–Kier alpha value is -1.36. The molecule has 0 radical (unpaired) electrons. The molecule has 130 valence electrons. The van der Waals surface area contributed by atoms with Crippen LogP contribution in [0.4, 0.5) is 0 Å². The molecule has 0 saturated heterocycles. The molecule has 0 bridgehead atoms. The molecule has 24 heavy (non-hydrogen) atoms. The van der Waals surface area contributed by atoms with Crippen molar-refractivity contribution in [2.45, 2.75) is 44.7 Å². The molecule has 1 aromatic carbocycles. The summed E-state index contributed by atoms with van der Waals surface area (Å²) in [6, 6.07) is 12.7. The fourth-order valence-corrected chi connectivity index (χ4v) is 4.32. The Morgan fingerprint density at radius 1 is 1.29 bits per heavy atom. The summed E-state index contributed by atoms with van der Waals surface area (Å²) in [4.78, 5) is 13.9. The summed E-state index contributed by atoms with van der Waals surface area (Å²) < 4.78 is 0. The number of amides is 1. The predicted molar refractivity (Wildman–Crippen MR) is 103 cm³/mol. The van der Waals surface area contributed by atoms with Crippen LogP contribution in [-0.4, -0.2) is 11.9 Å². The van der Waals surface area contributed by atoms with Crippen molar-refractivity contribution >= 4 is 29.7 Å². The fourth-order valence-electron chi connectivity index (χ4n) is 3.34. The van der Waals surface area contributed by atoms with Gasteiger partial charge in [0, 0.05) is 16.8 Å². The number of hydrogen-bond acceptors (Lipinski definition) is 3. The number of thiophene rings is 1. The Morgan fingerprint density at radius 3 is 2.62 bits per heavy atom. The first kappa shape index (κ1) is 19.0. The van der Waals surface area contributed by atoms with E-state index in [1.807, 2.05) is 18.2 Å². The van der Waals surface area contributed by atoms with Gasteiger partial charge in [-0.15, -0.1) is 23.7 Å². The fraction of sp³-hybridized carbons (Fsp3) is 0.421. The lowest BCUT2D eigenvalue weighted by atomic mass is 10.0. The molecule has 3 rings (SSSR count). The third-order valence-electron chi connectivity index (χ3n) is 4.66. The number of rotatable bonds is 5. The highest BCUT2D eigenvalue weighted by Crippen LogP contribution is 2.29. The number of nitrogens with one attached hydrogen (secondary N) is 1. The molecule has 0 aliphatic heterocycles. The molecule has 5 heteroatoms. The zero-order valence-electron chi connectivity index (χ0n) is 13.9. The number of carbonyl (C=O) groups excluding carboxylic acids is 1. The third-order valence-corrected chi connectivity index (χ3v) is 5.79. The van der Waals surface area contributed by atoms with E-state index in [1.54, 1.807) is 11.3 Å². The van der Waals surface area contributed by atoms with Crippen LogP contribution >= 0.6 is 23.7 Å². The Labute approximate surface area is 154 Å². The van der Waals surface area contributed by atoms with Gasteiger partial charge in [-0.1, -0.05) is 30.3 Å². The van der Waals surface area contributed by atoms with Gasteiger partial charge in [-0.2, -0.15) is 0 Å². The number of aryl methyl sites for hydroxylation is 1. The number of halogens is 1. The van der Waals surface area contributed by atoms with Gasteiger partial charge < -0.3 is 11.1 Å². The molecule has 3 nitrogen and oxygen atoms in total. The highest BCUT2D eigenvalue weighted by molar-refractivity contribution is 7.10. The van der Waals surface area contributed by atoms with Gasteiger partial charge in [0.15, 0.2) is 0 Å². The SMILES string of the molecule is Cc1ccsc1C(Cc1ccccc1)NC(=O)C1CCC(N)C1.Cl. The van der Waals surface area contributed by atoms with Gasteiger partial charge in [-0.3, -0.25) is 4.79 Å². The van der Waals surface area contributed by atoms with Crippen molar-refractivity contribution in [1.82, 2.24) is 5.32 Å². The minimum atomic E-state index is 0. The maximum absolute atomic E-state index is 12.6. The molecule has 3 N–H and O–H groups in total. The summed E-state index contributed by atoms with van der Waals surface area (Å²) in [7, 11) is 0. The molecule has 1 saturated carbocycles. The van der Waals surface area contributed by atoms with Gasteiger partial charge in [0.05, 0.1) is 6.04 Å². The summed E-state index contributed by atoms with van der Waals surface area (Å²) in [5.41, 5.74) is 8.45. The van der Waals surface area contributed by atoms with Gasteiger partial charge in [0.25, 0.3) is 0 Å². The lowest BCUT2D eigenvalue weighted by Gasteiger charge is -2.21. The lowest BCUT2D eigenvalue weighted by Crippen LogP contribution is -2.34. The molecule has 0 spiro atoms. The Balaban J connectivity index is 0.00000208. The topological polar surface area (TPSA) is 55.1 Å². The smallest absolute Gasteiger partial charge is 0.223 e. The first-order valence-electron chi connectivity index (χ1n) is 8.27. The molecule has 3 atom stereocenters. The second-order valence-electron chi connectivity index (χ2n) is 6.49. The van der Waals surface area contributed by atoms with Crippen molar-refractivity contribution in [1.29, 1.82) is 0 Å². The van der Waals surface area contributed by atoms with E-state index in [1.165, 1.54) is 16.0 Å². The van der Waals surface area contributed by atoms with Crippen molar-refractivity contribution in [3.05, 3.63) is 57.8 Å². The molecule has 1 heterocycles. The first-order chi connectivity index (χ1) is 11.1. The van der Waals surface area contributed by atoms with Crippen LogP contribution < -0.4 is 11.1 Å². The third kappa shape index (κ3) is 4.59. The van der Waals surface area contributed by atoms with Crippen LogP contribution in [0, 0.1) is 12.8 Å². The lowest BCUT2D eigenvalue weighted by molar-refractivity contribution is -0.125. The largest absolute Gasteiger partial charge is 0.348 e. The van der Waals surface area contributed by atoms with Crippen LogP contribution in [0.3, 0.4) is 0 Å². The molecular formula is C19H25ClN2OS. The zero-order chi connectivity index (χ0) is 16.2. The van der Waals surface area contributed by atoms with Crippen LogP contribution in [0.15, 0.2) is 41.8 Å². The summed E-state index contributed by atoms with van der Waals surface area (Å²) >= 11 is 1.72. The van der Waals surface area contributed by atoms with Crippen LogP contribution in [0.5, 0.6) is 0 Å². The minimum Gasteiger partial charge on any atom is -0.348 e. The van der Waals surface area contributed by atoms with Crippen LogP contribution in [0.25, 0.3) is 0 Å². The van der Waals surface area contributed by atoms with Gasteiger partial charge in [-0.05, 0) is 55.2 Å². The number of carbonyl (C=O) groups is 1.